The molecule has 2 aliphatic rings. The Balaban J connectivity index is 1.69. The molecule has 0 saturated heterocycles. The Morgan fingerprint density at radius 3 is 2.57 bits per heavy atom. The van der Waals surface area contributed by atoms with Crippen LogP contribution >= 0.6 is 11.8 Å². The number of hydrogen-bond acceptors (Lipinski definition) is 5. The third-order valence-electron chi connectivity index (χ3n) is 3.66. The fraction of sp³-hybridized carbons (Fsp3) is 0.692. The second-order valence-electron chi connectivity index (χ2n) is 5.54. The Morgan fingerprint density at radius 1 is 1.29 bits per heavy atom. The minimum atomic E-state index is -0.491. The van der Waals surface area contributed by atoms with E-state index >= 15 is 0 Å². The van der Waals surface area contributed by atoms with Gasteiger partial charge in [0.25, 0.3) is 0 Å². The zero-order valence-electron chi connectivity index (χ0n) is 12.1. The number of hydrogen-bond donors (Lipinski definition) is 2. The van der Waals surface area contributed by atoms with Crippen molar-refractivity contribution in [2.75, 3.05) is 7.05 Å². The Bertz CT molecular complexity index is 565. The van der Waals surface area contributed by atoms with Crippen LogP contribution < -0.4 is 10.6 Å². The molecule has 2 aliphatic carbocycles. The summed E-state index contributed by atoms with van der Waals surface area (Å²) in [4.78, 5) is 23.1. The first kappa shape index (κ1) is 14.4. The molecule has 0 unspecified atom stereocenters. The van der Waals surface area contributed by atoms with Crippen LogP contribution in [0.2, 0.25) is 0 Å². The molecule has 1 atom stereocenters. The summed E-state index contributed by atoms with van der Waals surface area (Å²) in [6.45, 7) is 1.77. The van der Waals surface area contributed by atoms with Crippen molar-refractivity contribution in [3.63, 3.8) is 0 Å². The summed E-state index contributed by atoms with van der Waals surface area (Å²) >= 11 is 1.36. The lowest BCUT2D eigenvalue weighted by molar-refractivity contribution is -0.119. The van der Waals surface area contributed by atoms with Crippen LogP contribution in [-0.2, 0) is 4.79 Å². The summed E-state index contributed by atoms with van der Waals surface area (Å²) in [7, 11) is 1.48. The van der Waals surface area contributed by atoms with Gasteiger partial charge in [0, 0.05) is 19.0 Å². The minimum Gasteiger partial charge on any atom is -0.341 e. The Kier molecular flexibility index (Phi) is 3.88. The highest BCUT2D eigenvalue weighted by Gasteiger charge is 2.37. The third-order valence-corrected chi connectivity index (χ3v) is 4.72. The molecule has 2 saturated carbocycles. The van der Waals surface area contributed by atoms with Crippen LogP contribution in [-0.4, -0.2) is 39.0 Å². The molecule has 8 heteroatoms. The van der Waals surface area contributed by atoms with E-state index in [1.807, 2.05) is 0 Å². The molecule has 0 aromatic carbocycles. The molecule has 0 radical (unpaired) electrons. The lowest BCUT2D eigenvalue weighted by atomic mass is 10.4. The zero-order valence-corrected chi connectivity index (χ0v) is 12.9. The van der Waals surface area contributed by atoms with E-state index in [4.69, 9.17) is 0 Å². The van der Waals surface area contributed by atoms with Crippen LogP contribution in [0.4, 0.5) is 4.79 Å². The number of imide groups is 1. The van der Waals surface area contributed by atoms with Crippen LogP contribution in [0.15, 0.2) is 5.16 Å². The normalized spacial score (nSPS) is 19.1. The molecule has 1 aromatic heterocycles. The number of rotatable bonds is 5. The van der Waals surface area contributed by atoms with Crippen molar-refractivity contribution in [3.05, 3.63) is 5.82 Å². The molecule has 0 spiro atoms. The van der Waals surface area contributed by atoms with Crippen LogP contribution in [0.3, 0.4) is 0 Å². The summed E-state index contributed by atoms with van der Waals surface area (Å²) in [6, 6.07) is 0.00193. The van der Waals surface area contributed by atoms with E-state index in [9.17, 15) is 9.59 Å². The quantitative estimate of drug-likeness (QED) is 0.803. The van der Waals surface area contributed by atoms with Gasteiger partial charge in [0.15, 0.2) is 5.16 Å². The summed E-state index contributed by atoms with van der Waals surface area (Å²) in [5, 5.41) is 13.6. The summed E-state index contributed by atoms with van der Waals surface area (Å²) < 4.78 is 2.20. The van der Waals surface area contributed by atoms with Gasteiger partial charge >= 0.3 is 6.03 Å². The molecule has 0 bridgehead atoms. The van der Waals surface area contributed by atoms with Crippen molar-refractivity contribution in [2.24, 2.45) is 0 Å². The van der Waals surface area contributed by atoms with Crippen molar-refractivity contribution in [1.29, 1.82) is 0 Å². The molecular formula is C13H19N5O2S. The van der Waals surface area contributed by atoms with Crippen molar-refractivity contribution >= 4 is 23.7 Å². The topological polar surface area (TPSA) is 88.9 Å². The van der Waals surface area contributed by atoms with E-state index in [-0.39, 0.29) is 5.91 Å². The van der Waals surface area contributed by atoms with Crippen LogP contribution in [0.1, 0.15) is 50.4 Å². The minimum absolute atomic E-state index is 0.322. The maximum absolute atomic E-state index is 11.9. The SMILES string of the molecule is CNC(=O)NC(=O)[C@H](C)Sc1nnc(C2CC2)n1C1CC1. The number of carbonyl (C=O) groups excluding carboxylic acids is 2. The van der Waals surface area contributed by atoms with Gasteiger partial charge in [-0.25, -0.2) is 4.79 Å². The molecule has 3 rings (SSSR count). The Labute approximate surface area is 127 Å². The zero-order chi connectivity index (χ0) is 15.0. The maximum atomic E-state index is 11.9. The van der Waals surface area contributed by atoms with Gasteiger partial charge in [-0.2, -0.15) is 0 Å². The molecule has 1 aromatic rings. The average Bonchev–Trinajstić information content (AvgIpc) is 3.37. The number of nitrogens with one attached hydrogen (secondary N) is 2. The predicted molar refractivity (Wildman–Crippen MR) is 78.2 cm³/mol. The number of nitrogens with zero attached hydrogens (tertiary/aromatic N) is 3. The molecule has 114 valence electrons. The van der Waals surface area contributed by atoms with Crippen molar-refractivity contribution in [2.45, 2.75) is 55.0 Å². The number of urea groups is 1. The van der Waals surface area contributed by atoms with Gasteiger partial charge in [-0.15, -0.1) is 10.2 Å². The first-order valence-electron chi connectivity index (χ1n) is 7.24. The van der Waals surface area contributed by atoms with Crippen LogP contribution in [0.5, 0.6) is 0 Å². The molecule has 1 heterocycles. The highest BCUT2D eigenvalue weighted by molar-refractivity contribution is 8.00. The van der Waals surface area contributed by atoms with E-state index in [2.05, 4.69) is 25.4 Å². The van der Waals surface area contributed by atoms with Gasteiger partial charge in [-0.1, -0.05) is 11.8 Å². The smallest absolute Gasteiger partial charge is 0.321 e. The molecule has 3 amide bonds. The van der Waals surface area contributed by atoms with Gasteiger partial charge in [-0.3, -0.25) is 10.1 Å². The highest BCUT2D eigenvalue weighted by Crippen LogP contribution is 2.46. The standard InChI is InChI=1S/C13H19N5O2S/c1-7(11(19)15-12(20)14-2)21-13-17-16-10(8-3-4-8)18(13)9-5-6-9/h7-9H,3-6H2,1-2H3,(H2,14,15,19,20)/t7-/m0/s1. The fourth-order valence-corrected chi connectivity index (χ4v) is 3.08. The Hall–Kier alpha value is -1.57. The van der Waals surface area contributed by atoms with Gasteiger partial charge in [-0.05, 0) is 32.6 Å². The molecular weight excluding hydrogens is 290 g/mol. The molecule has 2 N–H and O–H groups in total. The molecule has 2 fully saturated rings. The first-order valence-corrected chi connectivity index (χ1v) is 8.12. The summed E-state index contributed by atoms with van der Waals surface area (Å²) in [5.41, 5.74) is 0. The van der Waals surface area contributed by atoms with E-state index in [1.165, 1.54) is 31.7 Å². The maximum Gasteiger partial charge on any atom is 0.321 e. The number of carbonyl (C=O) groups is 2. The monoisotopic (exact) mass is 309 g/mol. The van der Waals surface area contributed by atoms with E-state index in [0.717, 1.165) is 23.8 Å². The molecule has 0 aliphatic heterocycles. The average molecular weight is 309 g/mol. The third kappa shape index (κ3) is 3.20. The van der Waals surface area contributed by atoms with E-state index in [0.29, 0.717) is 12.0 Å². The largest absolute Gasteiger partial charge is 0.341 e. The number of thioether (sulfide) groups is 1. The fourth-order valence-electron chi connectivity index (χ4n) is 2.15. The summed E-state index contributed by atoms with van der Waals surface area (Å²) in [6.07, 6.45) is 4.68. The van der Waals surface area contributed by atoms with Crippen molar-refractivity contribution < 1.29 is 9.59 Å². The lowest BCUT2D eigenvalue weighted by Crippen LogP contribution is -2.41. The molecule has 7 nitrogen and oxygen atoms in total. The second-order valence-corrected chi connectivity index (χ2v) is 6.85. The van der Waals surface area contributed by atoms with Gasteiger partial charge in [0.2, 0.25) is 5.91 Å². The van der Waals surface area contributed by atoms with Gasteiger partial charge in [0.05, 0.1) is 5.25 Å². The second kappa shape index (κ2) is 5.67. The van der Waals surface area contributed by atoms with E-state index in [1.54, 1.807) is 6.92 Å². The highest BCUT2D eigenvalue weighted by atomic mass is 32.2. The van der Waals surface area contributed by atoms with Crippen LogP contribution in [0, 0.1) is 0 Å². The summed E-state index contributed by atoms with van der Waals surface area (Å²) in [5.74, 6) is 1.29. The Morgan fingerprint density at radius 2 is 2.00 bits per heavy atom. The first-order chi connectivity index (χ1) is 10.1. The predicted octanol–water partition coefficient (Wildman–Crippen LogP) is 1.43. The lowest BCUT2D eigenvalue weighted by Gasteiger charge is -2.12. The number of amides is 3. The van der Waals surface area contributed by atoms with Gasteiger partial charge < -0.3 is 9.88 Å². The van der Waals surface area contributed by atoms with Crippen LogP contribution in [0.25, 0.3) is 0 Å². The van der Waals surface area contributed by atoms with Gasteiger partial charge in [0.1, 0.15) is 5.82 Å². The van der Waals surface area contributed by atoms with Crippen molar-refractivity contribution in [3.8, 4) is 0 Å². The van der Waals surface area contributed by atoms with Crippen molar-refractivity contribution in [1.82, 2.24) is 25.4 Å². The number of aromatic nitrogens is 3. The van der Waals surface area contributed by atoms with E-state index < -0.39 is 11.3 Å². The molecule has 21 heavy (non-hydrogen) atoms.